The number of nitrogens with zero attached hydrogens (tertiary/aromatic N) is 3. The van der Waals surface area contributed by atoms with Crippen molar-refractivity contribution < 1.29 is 42.9 Å². The van der Waals surface area contributed by atoms with Gasteiger partial charge in [0.15, 0.2) is 11.6 Å². The Morgan fingerprint density at radius 3 is 2.10 bits per heavy atom. The monoisotopic (exact) mass is 732 g/mol. The molecule has 0 bridgehead atoms. The number of Topliss-reactive ketones (excluding diaryl/α,β-unsaturated/α-hetero) is 2. The first-order valence-corrected chi connectivity index (χ1v) is 18.1. The Bertz CT molecular complexity index is 1270. The first kappa shape index (κ1) is 46.0. The number of rotatable bonds is 27. The predicted molar refractivity (Wildman–Crippen MR) is 197 cm³/mol. The SMILES string of the molecule is CC(C)(C)OC(=O)NCCCC[C@H](NC(=O)CCOCCOCCN=[N+]=[N-])C(=O)C[C@@H](CCCCNCC(=O)c1ccccc1)C(=O)OC(C)(C)C. The fourth-order valence-electron chi connectivity index (χ4n) is 4.84. The van der Waals surface area contributed by atoms with Crippen molar-refractivity contribution in [2.75, 3.05) is 52.6 Å². The lowest BCUT2D eigenvalue weighted by Crippen LogP contribution is -2.43. The summed E-state index contributed by atoms with van der Waals surface area (Å²) in [6.07, 6.45) is 2.42. The molecule has 15 heteroatoms. The summed E-state index contributed by atoms with van der Waals surface area (Å²) in [7, 11) is 0. The van der Waals surface area contributed by atoms with Crippen molar-refractivity contribution in [1.82, 2.24) is 16.0 Å². The number of ether oxygens (including phenoxy) is 4. The van der Waals surface area contributed by atoms with E-state index in [-0.39, 0.29) is 69.8 Å². The van der Waals surface area contributed by atoms with Gasteiger partial charge in [0.2, 0.25) is 5.91 Å². The summed E-state index contributed by atoms with van der Waals surface area (Å²) in [6, 6.07) is 8.18. The molecule has 1 rings (SSSR count). The minimum atomic E-state index is -0.853. The van der Waals surface area contributed by atoms with E-state index in [1.807, 2.05) is 18.2 Å². The van der Waals surface area contributed by atoms with Crippen molar-refractivity contribution in [3.8, 4) is 0 Å². The van der Waals surface area contributed by atoms with Gasteiger partial charge in [-0.3, -0.25) is 19.2 Å². The van der Waals surface area contributed by atoms with E-state index in [4.69, 9.17) is 24.5 Å². The Kier molecular flexibility index (Phi) is 22.8. The van der Waals surface area contributed by atoms with Crippen LogP contribution < -0.4 is 16.0 Å². The number of benzene rings is 1. The fourth-order valence-corrected chi connectivity index (χ4v) is 4.84. The van der Waals surface area contributed by atoms with Crippen molar-refractivity contribution in [2.24, 2.45) is 11.0 Å². The van der Waals surface area contributed by atoms with Crippen LogP contribution in [0.2, 0.25) is 0 Å². The van der Waals surface area contributed by atoms with E-state index >= 15 is 0 Å². The van der Waals surface area contributed by atoms with Crippen LogP contribution in [0, 0.1) is 5.92 Å². The zero-order valence-corrected chi connectivity index (χ0v) is 31.9. The van der Waals surface area contributed by atoms with E-state index < -0.39 is 35.2 Å². The molecule has 1 aromatic carbocycles. The van der Waals surface area contributed by atoms with Gasteiger partial charge in [0.05, 0.1) is 44.9 Å². The average Bonchev–Trinajstić information content (AvgIpc) is 3.06. The van der Waals surface area contributed by atoms with E-state index in [0.717, 1.165) is 0 Å². The number of carbonyl (C=O) groups excluding carboxylic acids is 5. The molecule has 0 spiro atoms. The molecular formula is C37H60N6O9. The van der Waals surface area contributed by atoms with Crippen molar-refractivity contribution in [3.63, 3.8) is 0 Å². The second-order valence-electron chi connectivity index (χ2n) is 14.3. The summed E-state index contributed by atoms with van der Waals surface area (Å²) in [4.78, 5) is 66.9. The number of amides is 2. The summed E-state index contributed by atoms with van der Waals surface area (Å²) in [5.41, 5.74) is 7.55. The quantitative estimate of drug-likeness (QED) is 0.0260. The Morgan fingerprint density at radius 2 is 1.44 bits per heavy atom. The lowest BCUT2D eigenvalue weighted by Gasteiger charge is -2.25. The third-order valence-electron chi connectivity index (χ3n) is 7.28. The van der Waals surface area contributed by atoms with Gasteiger partial charge in [0.25, 0.3) is 0 Å². The molecule has 0 aromatic heterocycles. The molecule has 1 aromatic rings. The number of hydrogen-bond donors (Lipinski definition) is 3. The summed E-state index contributed by atoms with van der Waals surface area (Å²) < 4.78 is 21.7. The van der Waals surface area contributed by atoms with Crippen LogP contribution in [0.5, 0.6) is 0 Å². The minimum Gasteiger partial charge on any atom is -0.460 e. The van der Waals surface area contributed by atoms with Crippen molar-refractivity contribution in [3.05, 3.63) is 46.3 Å². The molecule has 15 nitrogen and oxygen atoms in total. The highest BCUT2D eigenvalue weighted by Gasteiger charge is 2.30. The first-order chi connectivity index (χ1) is 24.6. The number of azide groups is 1. The van der Waals surface area contributed by atoms with E-state index in [1.165, 1.54) is 0 Å². The molecule has 0 heterocycles. The lowest BCUT2D eigenvalue weighted by molar-refractivity contribution is -0.161. The van der Waals surface area contributed by atoms with Crippen LogP contribution in [0.1, 0.15) is 103 Å². The Hall–Kier alpha value is -4.04. The number of nitrogens with one attached hydrogen (secondary N) is 3. The molecule has 0 saturated heterocycles. The summed E-state index contributed by atoms with van der Waals surface area (Å²) >= 11 is 0. The van der Waals surface area contributed by atoms with Crippen molar-refractivity contribution in [2.45, 2.75) is 110 Å². The van der Waals surface area contributed by atoms with Gasteiger partial charge in [-0.15, -0.1) is 0 Å². The molecule has 0 unspecified atom stereocenters. The van der Waals surface area contributed by atoms with E-state index in [1.54, 1.807) is 53.7 Å². The van der Waals surface area contributed by atoms with Gasteiger partial charge >= 0.3 is 12.1 Å². The molecule has 0 fully saturated rings. The molecule has 0 aliphatic rings. The molecule has 3 N–H and O–H groups in total. The zero-order valence-electron chi connectivity index (χ0n) is 31.9. The molecular weight excluding hydrogens is 672 g/mol. The molecule has 292 valence electrons. The van der Waals surface area contributed by atoms with Gasteiger partial charge in [-0.2, -0.15) is 0 Å². The molecule has 0 radical (unpaired) electrons. The van der Waals surface area contributed by atoms with Crippen LogP contribution in [0.4, 0.5) is 4.79 Å². The van der Waals surface area contributed by atoms with Crippen LogP contribution in [-0.2, 0) is 33.3 Å². The number of carbonyl (C=O) groups is 5. The Balaban J connectivity index is 2.78. The Labute approximate surface area is 308 Å². The van der Waals surface area contributed by atoms with E-state index in [9.17, 15) is 24.0 Å². The molecule has 0 aliphatic carbocycles. The number of esters is 1. The lowest BCUT2D eigenvalue weighted by atomic mass is 9.91. The topological polar surface area (TPSA) is 207 Å². The smallest absolute Gasteiger partial charge is 0.407 e. The first-order valence-electron chi connectivity index (χ1n) is 18.1. The number of hydrogen-bond acceptors (Lipinski definition) is 11. The van der Waals surface area contributed by atoms with Crippen LogP contribution in [0.3, 0.4) is 0 Å². The van der Waals surface area contributed by atoms with Gasteiger partial charge in [-0.1, -0.05) is 41.9 Å². The highest BCUT2D eigenvalue weighted by atomic mass is 16.6. The number of unbranched alkanes of at least 4 members (excludes halogenated alkanes) is 2. The number of ketones is 2. The van der Waals surface area contributed by atoms with Crippen LogP contribution in [0.15, 0.2) is 35.4 Å². The van der Waals surface area contributed by atoms with E-state index in [2.05, 4.69) is 26.0 Å². The normalized spacial score (nSPS) is 12.6. The third kappa shape index (κ3) is 24.2. The molecule has 2 amide bonds. The summed E-state index contributed by atoms with van der Waals surface area (Å²) in [5.74, 6) is -1.86. The van der Waals surface area contributed by atoms with Crippen LogP contribution in [0.25, 0.3) is 10.4 Å². The highest BCUT2D eigenvalue weighted by molar-refractivity contribution is 5.97. The third-order valence-corrected chi connectivity index (χ3v) is 7.28. The predicted octanol–water partition coefficient (Wildman–Crippen LogP) is 5.46. The summed E-state index contributed by atoms with van der Waals surface area (Å²) in [6.45, 7) is 12.8. The van der Waals surface area contributed by atoms with Gasteiger partial charge in [-0.05, 0) is 85.7 Å². The van der Waals surface area contributed by atoms with Gasteiger partial charge in [0, 0.05) is 36.4 Å². The number of alkyl carbamates (subject to hydrolysis) is 1. The molecule has 2 atom stereocenters. The second kappa shape index (κ2) is 25.8. The zero-order chi connectivity index (χ0) is 38.8. The second-order valence-corrected chi connectivity index (χ2v) is 14.3. The van der Waals surface area contributed by atoms with Crippen LogP contribution >= 0.6 is 0 Å². The minimum absolute atomic E-state index is 0.00832. The van der Waals surface area contributed by atoms with Crippen molar-refractivity contribution >= 4 is 29.5 Å². The molecule has 0 aliphatic heterocycles. The summed E-state index contributed by atoms with van der Waals surface area (Å²) in [5, 5.41) is 12.0. The molecule has 0 saturated carbocycles. The van der Waals surface area contributed by atoms with Crippen molar-refractivity contribution in [1.29, 1.82) is 0 Å². The van der Waals surface area contributed by atoms with E-state index in [0.29, 0.717) is 57.2 Å². The standard InChI is InChI=1S/C37H60N6O9/c1-36(2,3)51-34(47)29(16-10-12-19-39-27-32(45)28-14-8-7-9-15-28)26-31(44)30(17-11-13-20-40-35(48)52-37(4,5)6)42-33(46)18-22-49-24-25-50-23-21-41-43-38/h7-9,14-15,29-30,39H,10-13,16-27H2,1-6H3,(H,40,48)(H,42,46)/t29-,30+/m1/s1. The maximum absolute atomic E-state index is 13.7. The maximum atomic E-state index is 13.7. The highest BCUT2D eigenvalue weighted by Crippen LogP contribution is 2.21. The largest absolute Gasteiger partial charge is 0.460 e. The molecule has 52 heavy (non-hydrogen) atoms. The van der Waals surface area contributed by atoms with Gasteiger partial charge in [0.1, 0.15) is 11.2 Å². The average molecular weight is 733 g/mol. The van der Waals surface area contributed by atoms with Gasteiger partial charge < -0.3 is 34.9 Å². The maximum Gasteiger partial charge on any atom is 0.407 e. The van der Waals surface area contributed by atoms with Gasteiger partial charge in [-0.25, -0.2) is 4.79 Å². The fraction of sp³-hybridized carbons (Fsp3) is 0.703. The Morgan fingerprint density at radius 1 is 0.808 bits per heavy atom. The van der Waals surface area contributed by atoms with Crippen LogP contribution in [-0.4, -0.2) is 99.4 Å².